The van der Waals surface area contributed by atoms with E-state index in [0.717, 1.165) is 31.7 Å². The number of hydrogen-bond acceptors (Lipinski definition) is 4. The molecule has 2 aliphatic rings. The molecule has 1 atom stereocenters. The van der Waals surface area contributed by atoms with Crippen LogP contribution < -0.4 is 5.32 Å². The third-order valence-electron chi connectivity index (χ3n) is 5.02. The SMILES string of the molecule is CCOC1(c2ncc3c(n2)CCCCC3NC)CCCC1. The summed E-state index contributed by atoms with van der Waals surface area (Å²) in [4.78, 5) is 9.70. The van der Waals surface area contributed by atoms with Crippen LogP contribution in [0.3, 0.4) is 0 Å². The van der Waals surface area contributed by atoms with E-state index in [1.54, 1.807) is 0 Å². The van der Waals surface area contributed by atoms with E-state index in [1.165, 1.54) is 43.4 Å². The largest absolute Gasteiger partial charge is 0.367 e. The highest BCUT2D eigenvalue weighted by Gasteiger charge is 2.39. The molecule has 1 unspecified atom stereocenters. The van der Waals surface area contributed by atoms with E-state index >= 15 is 0 Å². The summed E-state index contributed by atoms with van der Waals surface area (Å²) in [5.74, 6) is 0.928. The van der Waals surface area contributed by atoms with Gasteiger partial charge >= 0.3 is 0 Å². The van der Waals surface area contributed by atoms with Gasteiger partial charge in [-0.25, -0.2) is 9.97 Å². The van der Waals surface area contributed by atoms with Crippen LogP contribution in [-0.2, 0) is 16.8 Å². The molecule has 0 bridgehead atoms. The molecule has 0 saturated heterocycles. The van der Waals surface area contributed by atoms with Crippen LogP contribution >= 0.6 is 0 Å². The van der Waals surface area contributed by atoms with Gasteiger partial charge in [0.05, 0.1) is 0 Å². The lowest BCUT2D eigenvalue weighted by Gasteiger charge is -2.28. The molecular weight excluding hydrogens is 262 g/mol. The van der Waals surface area contributed by atoms with Crippen molar-refractivity contribution in [3.05, 3.63) is 23.3 Å². The fourth-order valence-electron chi connectivity index (χ4n) is 3.89. The molecule has 1 fully saturated rings. The Balaban J connectivity index is 1.96. The molecule has 116 valence electrons. The Kier molecular flexibility index (Phi) is 4.55. The molecule has 21 heavy (non-hydrogen) atoms. The molecule has 2 aliphatic carbocycles. The first kappa shape index (κ1) is 14.9. The highest BCUT2D eigenvalue weighted by atomic mass is 16.5. The zero-order chi connectivity index (χ0) is 14.7. The molecule has 0 radical (unpaired) electrons. The molecule has 0 aromatic carbocycles. The third kappa shape index (κ3) is 2.84. The Morgan fingerprint density at radius 2 is 2.10 bits per heavy atom. The second-order valence-electron chi connectivity index (χ2n) is 6.32. The standard InChI is InChI=1S/C17H27N3O/c1-3-21-17(10-6-7-11-17)16-19-12-13-14(18-2)8-4-5-9-15(13)20-16/h12,14,18H,3-11H2,1-2H3. The lowest BCUT2D eigenvalue weighted by atomic mass is 9.99. The highest BCUT2D eigenvalue weighted by Crippen LogP contribution is 2.41. The molecule has 3 rings (SSSR count). The van der Waals surface area contributed by atoms with Crippen molar-refractivity contribution in [2.24, 2.45) is 0 Å². The fourth-order valence-corrected chi connectivity index (χ4v) is 3.89. The predicted octanol–water partition coefficient (Wildman–Crippen LogP) is 3.27. The summed E-state index contributed by atoms with van der Waals surface area (Å²) in [5, 5.41) is 3.41. The average molecular weight is 289 g/mol. The molecule has 0 amide bonds. The fraction of sp³-hybridized carbons (Fsp3) is 0.765. The molecule has 0 spiro atoms. The third-order valence-corrected chi connectivity index (χ3v) is 5.02. The minimum absolute atomic E-state index is 0.217. The molecule has 1 heterocycles. The molecule has 4 heteroatoms. The van der Waals surface area contributed by atoms with E-state index in [1.807, 2.05) is 7.05 Å². The Morgan fingerprint density at radius 3 is 2.81 bits per heavy atom. The minimum atomic E-state index is -0.217. The van der Waals surface area contributed by atoms with E-state index in [-0.39, 0.29) is 5.60 Å². The number of aromatic nitrogens is 2. The van der Waals surface area contributed by atoms with Crippen LogP contribution in [0.2, 0.25) is 0 Å². The Labute approximate surface area is 127 Å². The van der Waals surface area contributed by atoms with E-state index < -0.39 is 0 Å². The van der Waals surface area contributed by atoms with Gasteiger partial charge in [-0.15, -0.1) is 0 Å². The van der Waals surface area contributed by atoms with Gasteiger partial charge < -0.3 is 10.1 Å². The number of hydrogen-bond donors (Lipinski definition) is 1. The Hall–Kier alpha value is -1.00. The Bertz CT molecular complexity index is 483. The van der Waals surface area contributed by atoms with Gasteiger partial charge in [-0.3, -0.25) is 0 Å². The van der Waals surface area contributed by atoms with Gasteiger partial charge in [-0.05, 0) is 58.9 Å². The molecule has 1 aromatic heterocycles. The summed E-state index contributed by atoms with van der Waals surface area (Å²) >= 11 is 0. The summed E-state index contributed by atoms with van der Waals surface area (Å²) < 4.78 is 6.11. The van der Waals surface area contributed by atoms with Crippen molar-refractivity contribution in [1.82, 2.24) is 15.3 Å². The number of rotatable bonds is 4. The molecule has 0 aliphatic heterocycles. The van der Waals surface area contributed by atoms with E-state index in [4.69, 9.17) is 14.7 Å². The van der Waals surface area contributed by atoms with E-state index in [0.29, 0.717) is 6.04 Å². The van der Waals surface area contributed by atoms with E-state index in [2.05, 4.69) is 18.4 Å². The summed E-state index contributed by atoms with van der Waals surface area (Å²) in [5.41, 5.74) is 2.32. The van der Waals surface area contributed by atoms with E-state index in [9.17, 15) is 0 Å². The summed E-state index contributed by atoms with van der Waals surface area (Å²) in [7, 11) is 2.03. The summed E-state index contributed by atoms with van der Waals surface area (Å²) in [6, 6.07) is 0.406. The number of nitrogens with zero attached hydrogens (tertiary/aromatic N) is 2. The normalized spacial score (nSPS) is 24.6. The second-order valence-corrected chi connectivity index (χ2v) is 6.32. The zero-order valence-corrected chi connectivity index (χ0v) is 13.3. The van der Waals surface area contributed by atoms with Gasteiger partial charge in [0.25, 0.3) is 0 Å². The molecule has 1 saturated carbocycles. The van der Waals surface area contributed by atoms with Crippen molar-refractivity contribution < 1.29 is 4.74 Å². The van der Waals surface area contributed by atoms with Gasteiger partial charge in [-0.2, -0.15) is 0 Å². The van der Waals surface area contributed by atoms with Crippen LogP contribution in [0.15, 0.2) is 6.20 Å². The smallest absolute Gasteiger partial charge is 0.160 e. The van der Waals surface area contributed by atoms with Gasteiger partial charge in [0.1, 0.15) is 5.60 Å². The van der Waals surface area contributed by atoms with Crippen molar-refractivity contribution in [3.8, 4) is 0 Å². The number of nitrogens with one attached hydrogen (secondary N) is 1. The maximum Gasteiger partial charge on any atom is 0.160 e. The summed E-state index contributed by atoms with van der Waals surface area (Å²) in [6.45, 7) is 2.81. The lowest BCUT2D eigenvalue weighted by Crippen LogP contribution is -2.30. The van der Waals surface area contributed by atoms with Crippen molar-refractivity contribution in [2.45, 2.75) is 69.9 Å². The maximum absolute atomic E-state index is 6.11. The van der Waals surface area contributed by atoms with Gasteiger partial charge in [-0.1, -0.05) is 6.42 Å². The maximum atomic E-state index is 6.11. The zero-order valence-electron chi connectivity index (χ0n) is 13.3. The number of fused-ring (bicyclic) bond motifs is 1. The van der Waals surface area contributed by atoms with Crippen LogP contribution in [0.25, 0.3) is 0 Å². The summed E-state index contributed by atoms with van der Waals surface area (Å²) in [6.07, 6.45) is 11.4. The second kappa shape index (κ2) is 6.41. The molecule has 1 aromatic rings. The first-order valence-corrected chi connectivity index (χ1v) is 8.46. The first-order chi connectivity index (χ1) is 10.3. The topological polar surface area (TPSA) is 47.0 Å². The lowest BCUT2D eigenvalue weighted by molar-refractivity contribution is -0.0458. The van der Waals surface area contributed by atoms with Crippen molar-refractivity contribution in [3.63, 3.8) is 0 Å². The predicted molar refractivity (Wildman–Crippen MR) is 83.2 cm³/mol. The quantitative estimate of drug-likeness (QED) is 0.864. The molecule has 4 nitrogen and oxygen atoms in total. The van der Waals surface area contributed by atoms with Gasteiger partial charge in [0, 0.05) is 30.1 Å². The first-order valence-electron chi connectivity index (χ1n) is 8.46. The number of ether oxygens (including phenoxy) is 1. The van der Waals surface area contributed by atoms with Gasteiger partial charge in [0.15, 0.2) is 5.82 Å². The van der Waals surface area contributed by atoms with Crippen LogP contribution in [0.5, 0.6) is 0 Å². The minimum Gasteiger partial charge on any atom is -0.367 e. The van der Waals surface area contributed by atoms with Crippen molar-refractivity contribution in [1.29, 1.82) is 0 Å². The van der Waals surface area contributed by atoms with Crippen LogP contribution in [-0.4, -0.2) is 23.6 Å². The van der Waals surface area contributed by atoms with Crippen LogP contribution in [0, 0.1) is 0 Å². The average Bonchev–Trinajstić information content (AvgIpc) is 2.88. The molecular formula is C17H27N3O. The van der Waals surface area contributed by atoms with Crippen molar-refractivity contribution in [2.75, 3.05) is 13.7 Å². The van der Waals surface area contributed by atoms with Crippen molar-refractivity contribution >= 4 is 0 Å². The number of aryl methyl sites for hydroxylation is 1. The molecule has 1 N–H and O–H groups in total. The van der Waals surface area contributed by atoms with Crippen LogP contribution in [0.4, 0.5) is 0 Å². The Morgan fingerprint density at radius 1 is 1.29 bits per heavy atom. The monoisotopic (exact) mass is 289 g/mol. The van der Waals surface area contributed by atoms with Crippen LogP contribution in [0.1, 0.15) is 75.0 Å². The highest BCUT2D eigenvalue weighted by molar-refractivity contribution is 5.25. The van der Waals surface area contributed by atoms with Gasteiger partial charge in [0.2, 0.25) is 0 Å².